The molecule has 0 bridgehead atoms. The Bertz CT molecular complexity index is 571. The first-order valence-electron chi connectivity index (χ1n) is 15.7. The second-order valence-electron chi connectivity index (χ2n) is 11.1. The Labute approximate surface area is 239 Å². The van der Waals surface area contributed by atoms with Gasteiger partial charge >= 0.3 is 11.9 Å². The van der Waals surface area contributed by atoms with Crippen molar-refractivity contribution in [3.8, 4) is 0 Å². The molecule has 0 fully saturated rings. The van der Waals surface area contributed by atoms with E-state index in [0.717, 1.165) is 25.9 Å². The first kappa shape index (κ1) is 39.5. The van der Waals surface area contributed by atoms with Crippen molar-refractivity contribution in [2.45, 2.75) is 154 Å². The van der Waals surface area contributed by atoms with Gasteiger partial charge in [-0.2, -0.15) is 0 Å². The predicted molar refractivity (Wildman–Crippen MR) is 160 cm³/mol. The van der Waals surface area contributed by atoms with Crippen LogP contribution in [-0.2, 0) is 14.4 Å². The van der Waals surface area contributed by atoms with Gasteiger partial charge in [0.15, 0.2) is 6.10 Å². The van der Waals surface area contributed by atoms with E-state index < -0.39 is 24.5 Å². The van der Waals surface area contributed by atoms with E-state index in [9.17, 15) is 14.4 Å². The molecule has 0 aromatic carbocycles. The predicted octanol–water partition coefficient (Wildman–Crippen LogP) is 6.78. The highest BCUT2D eigenvalue weighted by Crippen LogP contribution is 2.14. The minimum Gasteiger partial charge on any atom is -0.481 e. The van der Waals surface area contributed by atoms with E-state index in [4.69, 9.17) is 15.3 Å². The number of nitrogens with one attached hydrogen (secondary N) is 1. The molecule has 0 heterocycles. The van der Waals surface area contributed by atoms with Crippen LogP contribution in [0.1, 0.15) is 148 Å². The first-order chi connectivity index (χ1) is 18.7. The maximum atomic E-state index is 11.7. The minimum absolute atomic E-state index is 0.237. The molecule has 0 spiro atoms. The lowest BCUT2D eigenvalue weighted by Gasteiger charge is -2.09. The van der Waals surface area contributed by atoms with Gasteiger partial charge in [0.1, 0.15) is 0 Å². The zero-order valence-corrected chi connectivity index (χ0v) is 25.6. The van der Waals surface area contributed by atoms with Gasteiger partial charge in [0.05, 0.1) is 6.42 Å². The summed E-state index contributed by atoms with van der Waals surface area (Å²) in [7, 11) is 4.14. The molecular weight excluding hydrogens is 496 g/mol. The van der Waals surface area contributed by atoms with Gasteiger partial charge in [0.2, 0.25) is 5.91 Å². The van der Waals surface area contributed by atoms with Crippen LogP contribution in [0, 0.1) is 0 Å². The van der Waals surface area contributed by atoms with Crippen LogP contribution in [0.3, 0.4) is 0 Å². The zero-order valence-electron chi connectivity index (χ0n) is 25.6. The van der Waals surface area contributed by atoms with Crippen LogP contribution in [0.4, 0.5) is 0 Å². The number of amides is 1. The monoisotopic (exact) mass is 558 g/mol. The molecule has 1 atom stereocenters. The molecule has 0 aliphatic rings. The largest absolute Gasteiger partial charge is 0.481 e. The maximum absolute atomic E-state index is 11.7. The van der Waals surface area contributed by atoms with E-state index in [1.165, 1.54) is 116 Å². The van der Waals surface area contributed by atoms with Crippen molar-refractivity contribution in [3.63, 3.8) is 0 Å². The molecule has 1 amide bonds. The molecule has 0 aromatic rings. The standard InChI is InChI=1S/C27H56N2O.C4H6O5/c1-4-5-6-7-8-9-10-11-12-13-14-15-16-17-18-19-20-21-22-24-27(30)28-25-23-26-29(2)3;5-2(4(8)9)1-3(6)7/h4-26H2,1-3H3,(H,28,30);2,5H,1H2,(H,6,7)(H,8,9). The zero-order chi connectivity index (χ0) is 29.6. The molecule has 39 heavy (non-hydrogen) atoms. The first-order valence-corrected chi connectivity index (χ1v) is 15.7. The van der Waals surface area contributed by atoms with Gasteiger partial charge in [0.25, 0.3) is 0 Å². The summed E-state index contributed by atoms with van der Waals surface area (Å²) < 4.78 is 0. The van der Waals surface area contributed by atoms with Crippen molar-refractivity contribution in [1.29, 1.82) is 0 Å². The molecule has 0 saturated carbocycles. The van der Waals surface area contributed by atoms with E-state index in [2.05, 4.69) is 31.2 Å². The quantitative estimate of drug-likeness (QED) is 0.0818. The van der Waals surface area contributed by atoms with Crippen molar-refractivity contribution in [1.82, 2.24) is 10.2 Å². The third kappa shape index (κ3) is 36.3. The normalized spacial score (nSPS) is 11.6. The summed E-state index contributed by atoms with van der Waals surface area (Å²) in [4.78, 5) is 33.3. The molecule has 0 rings (SSSR count). The van der Waals surface area contributed by atoms with E-state index in [0.29, 0.717) is 6.42 Å². The number of aliphatic hydroxyl groups is 1. The van der Waals surface area contributed by atoms with Crippen molar-refractivity contribution in [2.75, 3.05) is 27.2 Å². The van der Waals surface area contributed by atoms with Gasteiger partial charge < -0.3 is 25.5 Å². The third-order valence-electron chi connectivity index (χ3n) is 6.76. The summed E-state index contributed by atoms with van der Waals surface area (Å²) in [6.07, 6.45) is 25.7. The number of nitrogens with zero attached hydrogens (tertiary/aromatic N) is 1. The SMILES string of the molecule is CCCCCCCCCCCCCCCCCCCCCC(=O)NCCCN(C)C.O=C(O)CC(O)C(=O)O. The lowest BCUT2D eigenvalue weighted by atomic mass is 10.0. The Kier molecular flexibility index (Phi) is 31.2. The Hall–Kier alpha value is -1.67. The molecule has 0 aliphatic carbocycles. The number of unbranched alkanes of at least 4 members (excludes halogenated alkanes) is 18. The van der Waals surface area contributed by atoms with Crippen molar-refractivity contribution >= 4 is 17.8 Å². The van der Waals surface area contributed by atoms with E-state index in [1.54, 1.807) is 0 Å². The smallest absolute Gasteiger partial charge is 0.333 e. The molecule has 8 heteroatoms. The minimum atomic E-state index is -1.79. The van der Waals surface area contributed by atoms with Gasteiger partial charge in [-0.1, -0.05) is 122 Å². The fourth-order valence-corrected chi connectivity index (χ4v) is 4.33. The van der Waals surface area contributed by atoms with Gasteiger partial charge in [-0.05, 0) is 33.5 Å². The van der Waals surface area contributed by atoms with E-state index >= 15 is 0 Å². The molecule has 8 nitrogen and oxygen atoms in total. The molecule has 0 aliphatic heterocycles. The number of carbonyl (C=O) groups excluding carboxylic acids is 1. The Balaban J connectivity index is 0. The fourth-order valence-electron chi connectivity index (χ4n) is 4.33. The van der Waals surface area contributed by atoms with Gasteiger partial charge in [-0.25, -0.2) is 4.79 Å². The number of hydrogen-bond acceptors (Lipinski definition) is 5. The number of carboxylic acids is 2. The summed E-state index contributed by atoms with van der Waals surface area (Å²) in [5, 5.41) is 27.2. The number of carbonyl (C=O) groups is 3. The lowest BCUT2D eigenvalue weighted by Crippen LogP contribution is -2.26. The third-order valence-corrected chi connectivity index (χ3v) is 6.76. The molecule has 0 radical (unpaired) electrons. The molecule has 232 valence electrons. The van der Waals surface area contributed by atoms with Crippen LogP contribution in [0.5, 0.6) is 0 Å². The molecule has 1 unspecified atom stereocenters. The summed E-state index contributed by atoms with van der Waals surface area (Å²) in [6, 6.07) is 0. The highest BCUT2D eigenvalue weighted by molar-refractivity contribution is 5.79. The number of aliphatic carboxylic acids is 2. The van der Waals surface area contributed by atoms with Gasteiger partial charge in [0, 0.05) is 13.0 Å². The van der Waals surface area contributed by atoms with E-state index in [1.807, 2.05) is 0 Å². The van der Waals surface area contributed by atoms with Crippen LogP contribution in [-0.4, -0.2) is 71.4 Å². The highest BCUT2D eigenvalue weighted by Gasteiger charge is 2.16. The summed E-state index contributed by atoms with van der Waals surface area (Å²) in [6.45, 7) is 4.15. The van der Waals surface area contributed by atoms with Crippen molar-refractivity contribution in [3.05, 3.63) is 0 Å². The van der Waals surface area contributed by atoms with Crippen molar-refractivity contribution < 1.29 is 29.7 Å². The molecule has 4 N–H and O–H groups in total. The topological polar surface area (TPSA) is 127 Å². The highest BCUT2D eigenvalue weighted by atomic mass is 16.4. The van der Waals surface area contributed by atoms with E-state index in [-0.39, 0.29) is 5.91 Å². The summed E-state index contributed by atoms with van der Waals surface area (Å²) in [5.74, 6) is -2.61. The average molecular weight is 559 g/mol. The van der Waals surface area contributed by atoms with Crippen LogP contribution < -0.4 is 5.32 Å². The van der Waals surface area contributed by atoms with Crippen LogP contribution >= 0.6 is 0 Å². The number of hydrogen-bond donors (Lipinski definition) is 4. The van der Waals surface area contributed by atoms with Crippen molar-refractivity contribution in [2.24, 2.45) is 0 Å². The summed E-state index contributed by atoms with van der Waals surface area (Å²) in [5.41, 5.74) is 0. The Morgan fingerprint density at radius 2 is 1.03 bits per heavy atom. The maximum Gasteiger partial charge on any atom is 0.333 e. The van der Waals surface area contributed by atoms with Crippen LogP contribution in [0.2, 0.25) is 0 Å². The lowest BCUT2D eigenvalue weighted by molar-refractivity contribution is -0.152. The summed E-state index contributed by atoms with van der Waals surface area (Å²) >= 11 is 0. The number of aliphatic hydroxyl groups excluding tert-OH is 1. The van der Waals surface area contributed by atoms with Gasteiger partial charge in [-0.3, -0.25) is 9.59 Å². The number of rotatable bonds is 27. The second kappa shape index (κ2) is 30.9. The Morgan fingerprint density at radius 1 is 0.641 bits per heavy atom. The van der Waals surface area contributed by atoms with Crippen LogP contribution in [0.25, 0.3) is 0 Å². The molecule has 0 saturated heterocycles. The molecular formula is C31H62N2O6. The fraction of sp³-hybridized carbons (Fsp3) is 0.903. The van der Waals surface area contributed by atoms with Crippen LogP contribution in [0.15, 0.2) is 0 Å². The van der Waals surface area contributed by atoms with Gasteiger partial charge in [-0.15, -0.1) is 0 Å². The number of carboxylic acid groups (broad SMARTS) is 2. The second-order valence-corrected chi connectivity index (χ2v) is 11.1. The molecule has 0 aromatic heterocycles. The Morgan fingerprint density at radius 3 is 1.33 bits per heavy atom. The average Bonchev–Trinajstić information content (AvgIpc) is 2.87.